The molecule has 8 heteroatoms. The molecule has 0 saturated carbocycles. The molecule has 1 saturated heterocycles. The number of piperidine rings is 1. The number of nitrogens with zero attached hydrogens (tertiary/aromatic N) is 2. The highest BCUT2D eigenvalue weighted by Gasteiger charge is 2.32. The third kappa shape index (κ3) is 2.79. The molecular formula is C12H15ClN2O4S. The van der Waals surface area contributed by atoms with Crippen molar-refractivity contribution in [2.24, 2.45) is 0 Å². The van der Waals surface area contributed by atoms with E-state index in [1.807, 2.05) is 6.92 Å². The van der Waals surface area contributed by atoms with Gasteiger partial charge in [-0.25, -0.2) is 8.42 Å². The van der Waals surface area contributed by atoms with E-state index in [0.29, 0.717) is 6.54 Å². The Kier molecular flexibility index (Phi) is 4.31. The van der Waals surface area contributed by atoms with Crippen LogP contribution in [0.2, 0.25) is 5.02 Å². The molecule has 0 radical (unpaired) electrons. The van der Waals surface area contributed by atoms with Crippen molar-refractivity contribution in [1.82, 2.24) is 4.31 Å². The molecule has 1 aromatic carbocycles. The van der Waals surface area contributed by atoms with Gasteiger partial charge in [0.2, 0.25) is 10.0 Å². The first kappa shape index (κ1) is 15.2. The molecule has 0 aliphatic carbocycles. The van der Waals surface area contributed by atoms with Crippen molar-refractivity contribution < 1.29 is 13.3 Å². The lowest BCUT2D eigenvalue weighted by Crippen LogP contribution is -2.41. The maximum absolute atomic E-state index is 12.5. The van der Waals surface area contributed by atoms with E-state index in [-0.39, 0.29) is 16.0 Å². The normalized spacial score (nSPS) is 20.8. The minimum Gasteiger partial charge on any atom is -0.258 e. The number of nitro groups is 1. The van der Waals surface area contributed by atoms with Crippen LogP contribution in [0.5, 0.6) is 0 Å². The predicted molar refractivity (Wildman–Crippen MR) is 75.3 cm³/mol. The van der Waals surface area contributed by atoms with Crippen LogP contribution in [0.15, 0.2) is 23.1 Å². The zero-order valence-corrected chi connectivity index (χ0v) is 12.5. The number of benzene rings is 1. The fourth-order valence-corrected chi connectivity index (χ4v) is 4.26. The molecule has 20 heavy (non-hydrogen) atoms. The molecule has 0 bridgehead atoms. The van der Waals surface area contributed by atoms with Gasteiger partial charge in [0.25, 0.3) is 5.69 Å². The Morgan fingerprint density at radius 2 is 2.10 bits per heavy atom. The average Bonchev–Trinajstić information content (AvgIpc) is 2.38. The number of halogens is 1. The van der Waals surface area contributed by atoms with Crippen LogP contribution in [0.4, 0.5) is 5.69 Å². The largest absolute Gasteiger partial charge is 0.289 e. The van der Waals surface area contributed by atoms with Crippen LogP contribution < -0.4 is 0 Å². The van der Waals surface area contributed by atoms with Crippen molar-refractivity contribution in [3.8, 4) is 0 Å². The molecule has 1 aliphatic heterocycles. The highest BCUT2D eigenvalue weighted by molar-refractivity contribution is 7.89. The van der Waals surface area contributed by atoms with Gasteiger partial charge in [0.05, 0.1) is 9.82 Å². The number of sulfonamides is 1. The molecule has 110 valence electrons. The maximum atomic E-state index is 12.5. The summed E-state index contributed by atoms with van der Waals surface area (Å²) in [7, 11) is -3.71. The van der Waals surface area contributed by atoms with Crippen molar-refractivity contribution in [3.63, 3.8) is 0 Å². The van der Waals surface area contributed by atoms with Gasteiger partial charge < -0.3 is 0 Å². The zero-order valence-electron chi connectivity index (χ0n) is 11.0. The topological polar surface area (TPSA) is 80.5 Å². The second-order valence-electron chi connectivity index (χ2n) is 4.83. The SMILES string of the molecule is C[C@H]1CCCCN1S(=O)(=O)c1ccc(Cl)c([N+](=O)[O-])c1. The Hall–Kier alpha value is -1.18. The highest BCUT2D eigenvalue weighted by atomic mass is 35.5. The molecule has 1 atom stereocenters. The summed E-state index contributed by atoms with van der Waals surface area (Å²) in [6.07, 6.45) is 2.60. The lowest BCUT2D eigenvalue weighted by atomic mass is 10.1. The molecule has 0 unspecified atom stereocenters. The molecule has 1 fully saturated rings. The van der Waals surface area contributed by atoms with Crippen LogP contribution in [0.1, 0.15) is 26.2 Å². The van der Waals surface area contributed by atoms with Gasteiger partial charge in [-0.2, -0.15) is 4.31 Å². The standard InChI is InChI=1S/C12H15ClN2O4S/c1-9-4-2-3-7-14(9)20(18,19)10-5-6-11(13)12(8-10)15(16)17/h5-6,8-9H,2-4,7H2,1H3/t9-/m0/s1. The Morgan fingerprint density at radius 1 is 1.40 bits per heavy atom. The molecular weight excluding hydrogens is 304 g/mol. The van der Waals surface area contributed by atoms with E-state index in [9.17, 15) is 18.5 Å². The molecule has 0 N–H and O–H groups in total. The van der Waals surface area contributed by atoms with Crippen LogP contribution in [0.25, 0.3) is 0 Å². The minimum absolute atomic E-state index is 0.0688. The highest BCUT2D eigenvalue weighted by Crippen LogP contribution is 2.30. The second-order valence-corrected chi connectivity index (χ2v) is 7.13. The molecule has 2 rings (SSSR count). The molecule has 6 nitrogen and oxygen atoms in total. The second kappa shape index (κ2) is 5.67. The van der Waals surface area contributed by atoms with Crippen molar-refractivity contribution in [2.75, 3.05) is 6.54 Å². The van der Waals surface area contributed by atoms with Crippen LogP contribution in [0, 0.1) is 10.1 Å². The van der Waals surface area contributed by atoms with Gasteiger partial charge in [0.1, 0.15) is 5.02 Å². The Morgan fingerprint density at radius 3 is 2.70 bits per heavy atom. The molecule has 0 amide bonds. The lowest BCUT2D eigenvalue weighted by Gasteiger charge is -2.32. The van der Waals surface area contributed by atoms with E-state index in [1.165, 1.54) is 16.4 Å². The zero-order chi connectivity index (χ0) is 14.9. The molecule has 0 aromatic heterocycles. The summed E-state index contributed by atoms with van der Waals surface area (Å²) in [5.74, 6) is 0. The summed E-state index contributed by atoms with van der Waals surface area (Å²) in [4.78, 5) is 10.1. The quantitative estimate of drug-likeness (QED) is 0.634. The Labute approximate surface area is 122 Å². The van der Waals surface area contributed by atoms with Gasteiger partial charge in [-0.05, 0) is 31.9 Å². The first-order chi connectivity index (χ1) is 9.34. The van der Waals surface area contributed by atoms with Gasteiger partial charge in [-0.3, -0.25) is 10.1 Å². The van der Waals surface area contributed by atoms with Gasteiger partial charge >= 0.3 is 0 Å². The smallest absolute Gasteiger partial charge is 0.258 e. The van der Waals surface area contributed by atoms with Crippen molar-refractivity contribution in [2.45, 2.75) is 37.1 Å². The van der Waals surface area contributed by atoms with E-state index < -0.39 is 20.6 Å². The third-order valence-electron chi connectivity index (χ3n) is 3.46. The van der Waals surface area contributed by atoms with Crippen molar-refractivity contribution >= 4 is 27.3 Å². The lowest BCUT2D eigenvalue weighted by molar-refractivity contribution is -0.384. The summed E-state index contributed by atoms with van der Waals surface area (Å²) < 4.78 is 26.5. The fourth-order valence-electron chi connectivity index (χ4n) is 2.36. The summed E-state index contributed by atoms with van der Waals surface area (Å²) in [5.41, 5.74) is -0.391. The minimum atomic E-state index is -3.71. The van der Waals surface area contributed by atoms with E-state index in [1.54, 1.807) is 0 Å². The number of nitro benzene ring substituents is 1. The van der Waals surface area contributed by atoms with E-state index in [2.05, 4.69) is 0 Å². The molecule has 0 spiro atoms. The third-order valence-corrected chi connectivity index (χ3v) is 5.79. The van der Waals surface area contributed by atoms with Crippen molar-refractivity contribution in [1.29, 1.82) is 0 Å². The van der Waals surface area contributed by atoms with Gasteiger partial charge in [0, 0.05) is 18.7 Å². The molecule has 1 aromatic rings. The van der Waals surface area contributed by atoms with Crippen LogP contribution in [0.3, 0.4) is 0 Å². The fraction of sp³-hybridized carbons (Fsp3) is 0.500. The van der Waals surface area contributed by atoms with Crippen LogP contribution in [-0.2, 0) is 10.0 Å². The van der Waals surface area contributed by atoms with Crippen LogP contribution in [-0.4, -0.2) is 30.2 Å². The van der Waals surface area contributed by atoms with E-state index >= 15 is 0 Å². The number of hydrogen-bond acceptors (Lipinski definition) is 4. The van der Waals surface area contributed by atoms with Gasteiger partial charge in [-0.15, -0.1) is 0 Å². The van der Waals surface area contributed by atoms with E-state index in [0.717, 1.165) is 25.3 Å². The monoisotopic (exact) mass is 318 g/mol. The van der Waals surface area contributed by atoms with Gasteiger partial charge in [0.15, 0.2) is 0 Å². The van der Waals surface area contributed by atoms with E-state index in [4.69, 9.17) is 11.6 Å². The maximum Gasteiger partial charge on any atom is 0.289 e. The number of hydrogen-bond donors (Lipinski definition) is 0. The average molecular weight is 319 g/mol. The summed E-state index contributed by atoms with van der Waals surface area (Å²) >= 11 is 5.71. The predicted octanol–water partition coefficient (Wildman–Crippen LogP) is 2.81. The summed E-state index contributed by atoms with van der Waals surface area (Å²) in [6, 6.07) is 3.50. The van der Waals surface area contributed by atoms with Crippen molar-refractivity contribution in [3.05, 3.63) is 33.3 Å². The van der Waals surface area contributed by atoms with Crippen LogP contribution >= 0.6 is 11.6 Å². The Bertz CT molecular complexity index is 632. The molecule has 1 aliphatic rings. The first-order valence-corrected chi connectivity index (χ1v) is 8.11. The number of rotatable bonds is 3. The van der Waals surface area contributed by atoms with Gasteiger partial charge in [-0.1, -0.05) is 18.0 Å². The summed E-state index contributed by atoms with van der Waals surface area (Å²) in [6.45, 7) is 2.29. The Balaban J connectivity index is 2.44. The molecule has 1 heterocycles. The summed E-state index contributed by atoms with van der Waals surface area (Å²) in [5, 5.41) is 10.8. The first-order valence-electron chi connectivity index (χ1n) is 6.30.